The Labute approximate surface area is 153 Å². The average Bonchev–Trinajstić information content (AvgIpc) is 2.94. The zero-order valence-electron chi connectivity index (χ0n) is 14.1. The molecule has 3 N–H and O–H groups in total. The Balaban J connectivity index is 1.75. The maximum absolute atomic E-state index is 12.6. The SMILES string of the molecule is NC[C@H]1CCCC[C@@H]1NC(=O)c1ccc(N2CCCS2(=O)=O)cc1Cl. The van der Waals surface area contributed by atoms with E-state index in [1.165, 1.54) is 4.31 Å². The maximum Gasteiger partial charge on any atom is 0.253 e. The van der Waals surface area contributed by atoms with Crippen LogP contribution in [0, 0.1) is 5.92 Å². The summed E-state index contributed by atoms with van der Waals surface area (Å²) in [4.78, 5) is 12.6. The number of benzene rings is 1. The van der Waals surface area contributed by atoms with Gasteiger partial charge in [0.2, 0.25) is 10.0 Å². The molecule has 2 atom stereocenters. The van der Waals surface area contributed by atoms with Crippen LogP contribution in [0.2, 0.25) is 5.02 Å². The normalized spacial score (nSPS) is 25.8. The van der Waals surface area contributed by atoms with E-state index in [0.29, 0.717) is 36.7 Å². The summed E-state index contributed by atoms with van der Waals surface area (Å²) >= 11 is 6.28. The van der Waals surface area contributed by atoms with Crippen LogP contribution in [0.1, 0.15) is 42.5 Å². The fourth-order valence-electron chi connectivity index (χ4n) is 3.70. The van der Waals surface area contributed by atoms with Gasteiger partial charge in [-0.25, -0.2) is 8.42 Å². The zero-order valence-corrected chi connectivity index (χ0v) is 15.7. The van der Waals surface area contributed by atoms with Crippen molar-refractivity contribution in [2.45, 2.75) is 38.1 Å². The fraction of sp³-hybridized carbons (Fsp3) is 0.588. The molecule has 0 radical (unpaired) electrons. The molecule has 0 aromatic heterocycles. The van der Waals surface area contributed by atoms with Gasteiger partial charge in [-0.15, -0.1) is 0 Å². The monoisotopic (exact) mass is 385 g/mol. The predicted octanol–water partition coefficient (Wildman–Crippen LogP) is 2.13. The Kier molecular flexibility index (Phi) is 5.55. The zero-order chi connectivity index (χ0) is 18.0. The number of nitrogens with two attached hydrogens (primary N) is 1. The molecule has 3 rings (SSSR count). The number of hydrogen-bond donors (Lipinski definition) is 2. The van der Waals surface area contributed by atoms with Crippen molar-refractivity contribution in [2.75, 3.05) is 23.1 Å². The van der Waals surface area contributed by atoms with Crippen LogP contribution in [0.3, 0.4) is 0 Å². The van der Waals surface area contributed by atoms with Crippen LogP contribution in [0.15, 0.2) is 18.2 Å². The number of hydrogen-bond acceptors (Lipinski definition) is 4. The molecule has 0 unspecified atom stereocenters. The van der Waals surface area contributed by atoms with Gasteiger partial charge in [0.15, 0.2) is 0 Å². The molecule has 2 aliphatic rings. The first-order chi connectivity index (χ1) is 11.9. The number of nitrogens with zero attached hydrogens (tertiary/aromatic N) is 1. The number of carbonyl (C=O) groups is 1. The minimum absolute atomic E-state index is 0.0703. The molecule has 1 aromatic rings. The van der Waals surface area contributed by atoms with Crippen LogP contribution in [0.5, 0.6) is 0 Å². The minimum Gasteiger partial charge on any atom is -0.349 e. The summed E-state index contributed by atoms with van der Waals surface area (Å²) in [6.07, 6.45) is 4.79. The third-order valence-corrected chi connectivity index (χ3v) is 7.30. The molecule has 2 fully saturated rings. The van der Waals surface area contributed by atoms with Crippen molar-refractivity contribution < 1.29 is 13.2 Å². The fourth-order valence-corrected chi connectivity index (χ4v) is 5.52. The minimum atomic E-state index is -3.26. The average molecular weight is 386 g/mol. The highest BCUT2D eigenvalue weighted by Crippen LogP contribution is 2.29. The Bertz CT molecular complexity index is 754. The Morgan fingerprint density at radius 3 is 2.68 bits per heavy atom. The summed E-state index contributed by atoms with van der Waals surface area (Å²) in [5, 5.41) is 3.31. The van der Waals surface area contributed by atoms with Crippen molar-refractivity contribution in [3.8, 4) is 0 Å². The van der Waals surface area contributed by atoms with E-state index in [1.54, 1.807) is 18.2 Å². The van der Waals surface area contributed by atoms with Crippen molar-refractivity contribution >= 4 is 33.2 Å². The smallest absolute Gasteiger partial charge is 0.253 e. The van der Waals surface area contributed by atoms with Crippen molar-refractivity contribution in [1.29, 1.82) is 0 Å². The maximum atomic E-state index is 12.6. The number of halogens is 1. The summed E-state index contributed by atoms with van der Waals surface area (Å²) in [5.41, 5.74) is 6.69. The van der Waals surface area contributed by atoms with Crippen molar-refractivity contribution in [3.05, 3.63) is 28.8 Å². The molecule has 1 aliphatic heterocycles. The molecule has 1 aromatic carbocycles. The second kappa shape index (κ2) is 7.51. The number of nitrogens with one attached hydrogen (secondary N) is 1. The molecule has 1 amide bonds. The second-order valence-corrected chi connectivity index (χ2v) is 9.19. The first-order valence-corrected chi connectivity index (χ1v) is 10.7. The van der Waals surface area contributed by atoms with Gasteiger partial charge in [-0.2, -0.15) is 0 Å². The lowest BCUT2D eigenvalue weighted by molar-refractivity contribution is 0.0908. The molecule has 1 aliphatic carbocycles. The van der Waals surface area contributed by atoms with Crippen LogP contribution in [0.25, 0.3) is 0 Å². The van der Waals surface area contributed by atoms with Gasteiger partial charge in [0, 0.05) is 12.6 Å². The summed E-state index contributed by atoms with van der Waals surface area (Å²) in [7, 11) is -3.26. The molecule has 6 nitrogen and oxygen atoms in total. The summed E-state index contributed by atoms with van der Waals surface area (Å²) in [6, 6.07) is 4.87. The van der Waals surface area contributed by atoms with Gasteiger partial charge in [-0.1, -0.05) is 24.4 Å². The van der Waals surface area contributed by atoms with E-state index >= 15 is 0 Å². The van der Waals surface area contributed by atoms with Crippen LogP contribution in [-0.2, 0) is 10.0 Å². The Morgan fingerprint density at radius 2 is 2.04 bits per heavy atom. The number of anilines is 1. The van der Waals surface area contributed by atoms with Crippen LogP contribution < -0.4 is 15.4 Å². The van der Waals surface area contributed by atoms with Crippen LogP contribution >= 0.6 is 11.6 Å². The topological polar surface area (TPSA) is 92.5 Å². The predicted molar refractivity (Wildman–Crippen MR) is 99.5 cm³/mol. The van der Waals surface area contributed by atoms with E-state index in [-0.39, 0.29) is 22.7 Å². The third kappa shape index (κ3) is 3.93. The van der Waals surface area contributed by atoms with E-state index in [1.807, 2.05) is 0 Å². The molecule has 138 valence electrons. The van der Waals surface area contributed by atoms with Gasteiger partial charge in [0.1, 0.15) is 0 Å². The van der Waals surface area contributed by atoms with E-state index in [0.717, 1.165) is 25.7 Å². The number of sulfonamides is 1. The molecule has 8 heteroatoms. The lowest BCUT2D eigenvalue weighted by Gasteiger charge is -2.31. The molecule has 1 heterocycles. The molecule has 0 spiro atoms. The number of amides is 1. The van der Waals surface area contributed by atoms with Gasteiger partial charge in [0.05, 0.1) is 22.0 Å². The lowest BCUT2D eigenvalue weighted by atomic mass is 9.84. The number of carbonyl (C=O) groups excluding carboxylic acids is 1. The standard InChI is InChI=1S/C17H24ClN3O3S/c18-15-10-13(21-8-3-9-25(21,23)24)6-7-14(15)17(22)20-16-5-2-1-4-12(16)11-19/h6-7,10,12,16H,1-5,8-9,11,19H2,(H,20,22)/t12-,16+/m1/s1. The molecule has 1 saturated heterocycles. The van der Waals surface area contributed by atoms with Crippen LogP contribution in [0.4, 0.5) is 5.69 Å². The first-order valence-electron chi connectivity index (χ1n) is 8.73. The first kappa shape index (κ1) is 18.5. The van der Waals surface area contributed by atoms with E-state index in [2.05, 4.69) is 5.32 Å². The van der Waals surface area contributed by atoms with Crippen molar-refractivity contribution in [3.63, 3.8) is 0 Å². The molecule has 0 bridgehead atoms. The summed E-state index contributed by atoms with van der Waals surface area (Å²) in [6.45, 7) is 1.01. The second-order valence-electron chi connectivity index (χ2n) is 6.77. The van der Waals surface area contributed by atoms with Crippen molar-refractivity contribution in [2.24, 2.45) is 11.7 Å². The lowest BCUT2D eigenvalue weighted by Crippen LogP contribution is -2.44. The van der Waals surface area contributed by atoms with E-state index < -0.39 is 10.0 Å². The van der Waals surface area contributed by atoms with Crippen LogP contribution in [-0.4, -0.2) is 39.2 Å². The third-order valence-electron chi connectivity index (χ3n) is 5.11. The molecule has 25 heavy (non-hydrogen) atoms. The Morgan fingerprint density at radius 1 is 1.28 bits per heavy atom. The highest BCUT2D eigenvalue weighted by atomic mass is 35.5. The highest BCUT2D eigenvalue weighted by Gasteiger charge is 2.30. The molecular formula is C17H24ClN3O3S. The molecule has 1 saturated carbocycles. The van der Waals surface area contributed by atoms with E-state index in [4.69, 9.17) is 17.3 Å². The summed E-state index contributed by atoms with van der Waals surface area (Å²) < 4.78 is 25.4. The molecular weight excluding hydrogens is 362 g/mol. The Hall–Kier alpha value is -1.31. The van der Waals surface area contributed by atoms with E-state index in [9.17, 15) is 13.2 Å². The van der Waals surface area contributed by atoms with Gasteiger partial charge in [-0.3, -0.25) is 9.10 Å². The van der Waals surface area contributed by atoms with Crippen molar-refractivity contribution in [1.82, 2.24) is 5.32 Å². The van der Waals surface area contributed by atoms with Gasteiger partial charge >= 0.3 is 0 Å². The summed E-state index contributed by atoms with van der Waals surface area (Å²) in [5.74, 6) is 0.214. The van der Waals surface area contributed by atoms with Gasteiger partial charge in [-0.05, 0) is 49.9 Å². The largest absolute Gasteiger partial charge is 0.349 e. The van der Waals surface area contributed by atoms with Gasteiger partial charge < -0.3 is 11.1 Å². The highest BCUT2D eigenvalue weighted by molar-refractivity contribution is 7.93. The quantitative estimate of drug-likeness (QED) is 0.830. The number of rotatable bonds is 4. The van der Waals surface area contributed by atoms with Gasteiger partial charge in [0.25, 0.3) is 5.91 Å².